The molecular formula is C24H31F7O. The monoisotopic (exact) mass is 468 g/mol. The lowest BCUT2D eigenvalue weighted by molar-refractivity contribution is -0.276. The Hall–Kier alpha value is -1.47. The molecule has 0 amide bonds. The van der Waals surface area contributed by atoms with E-state index in [0.29, 0.717) is 24.7 Å². The molecule has 0 atom stereocenters. The van der Waals surface area contributed by atoms with Gasteiger partial charge in [-0.05, 0) is 74.3 Å². The third-order valence-electron chi connectivity index (χ3n) is 7.33. The Labute approximate surface area is 184 Å². The summed E-state index contributed by atoms with van der Waals surface area (Å²) in [6, 6.07) is 0.481. The van der Waals surface area contributed by atoms with E-state index in [1.165, 1.54) is 38.5 Å². The predicted molar refractivity (Wildman–Crippen MR) is 107 cm³/mol. The Kier molecular flexibility index (Phi) is 8.02. The topological polar surface area (TPSA) is 9.23 Å². The third kappa shape index (κ3) is 6.53. The van der Waals surface area contributed by atoms with Crippen LogP contribution >= 0.6 is 0 Å². The molecule has 1 nitrogen and oxygen atoms in total. The number of hydrogen-bond acceptors (Lipinski definition) is 1. The van der Waals surface area contributed by atoms with Crippen LogP contribution in [0.5, 0.6) is 5.75 Å². The van der Waals surface area contributed by atoms with Gasteiger partial charge in [-0.1, -0.05) is 32.6 Å². The van der Waals surface area contributed by atoms with E-state index in [1.54, 1.807) is 0 Å². The first-order valence-electron chi connectivity index (χ1n) is 11.6. The highest BCUT2D eigenvalue weighted by Crippen LogP contribution is 2.46. The molecule has 0 saturated heterocycles. The molecule has 0 unspecified atom stereocenters. The van der Waals surface area contributed by atoms with Crippen molar-refractivity contribution in [2.75, 3.05) is 0 Å². The Balaban J connectivity index is 1.55. The number of ether oxygens (including phenoxy) is 1. The van der Waals surface area contributed by atoms with Crippen LogP contribution in [-0.2, 0) is 5.92 Å². The molecular weight excluding hydrogens is 437 g/mol. The molecule has 1 aromatic carbocycles. The molecule has 2 aliphatic carbocycles. The van der Waals surface area contributed by atoms with Crippen molar-refractivity contribution in [3.05, 3.63) is 29.3 Å². The van der Waals surface area contributed by atoms with E-state index in [2.05, 4.69) is 11.7 Å². The van der Waals surface area contributed by atoms with Gasteiger partial charge < -0.3 is 4.74 Å². The average molecular weight is 468 g/mol. The van der Waals surface area contributed by atoms with Gasteiger partial charge in [0, 0.05) is 12.0 Å². The zero-order chi connectivity index (χ0) is 23.5. The van der Waals surface area contributed by atoms with Gasteiger partial charge in [-0.2, -0.15) is 0 Å². The fourth-order valence-corrected chi connectivity index (χ4v) is 5.69. The molecule has 3 rings (SSSR count). The Morgan fingerprint density at radius 1 is 0.781 bits per heavy atom. The maximum atomic E-state index is 14.7. The SMILES string of the molecule is CCC[C@H]1CC[C@H]([C@H]2CC[C@H](CC(F)(F)c3cc(F)c(OC(F)(F)F)c(F)c3)CC2)CC1. The minimum atomic E-state index is -5.32. The van der Waals surface area contributed by atoms with Gasteiger partial charge in [0.2, 0.25) is 5.75 Å². The quantitative estimate of drug-likeness (QED) is 0.364. The summed E-state index contributed by atoms with van der Waals surface area (Å²) in [7, 11) is 0. The lowest BCUT2D eigenvalue weighted by atomic mass is 9.68. The van der Waals surface area contributed by atoms with Crippen molar-refractivity contribution < 1.29 is 35.5 Å². The lowest BCUT2D eigenvalue weighted by Gasteiger charge is -2.38. The Morgan fingerprint density at radius 3 is 1.69 bits per heavy atom. The van der Waals surface area contributed by atoms with Gasteiger partial charge in [0.25, 0.3) is 5.92 Å². The van der Waals surface area contributed by atoms with Crippen LogP contribution in [0.25, 0.3) is 0 Å². The van der Waals surface area contributed by atoms with Crippen LogP contribution in [0.15, 0.2) is 12.1 Å². The number of alkyl halides is 5. The Morgan fingerprint density at radius 2 is 1.25 bits per heavy atom. The van der Waals surface area contributed by atoms with Gasteiger partial charge >= 0.3 is 6.36 Å². The zero-order valence-electron chi connectivity index (χ0n) is 18.3. The minimum Gasteiger partial charge on any atom is -0.399 e. The van der Waals surface area contributed by atoms with Gasteiger partial charge in [-0.25, -0.2) is 17.6 Å². The average Bonchev–Trinajstić information content (AvgIpc) is 2.71. The molecule has 0 N–H and O–H groups in total. The number of benzene rings is 1. The largest absolute Gasteiger partial charge is 0.573 e. The molecule has 32 heavy (non-hydrogen) atoms. The van der Waals surface area contributed by atoms with Crippen LogP contribution < -0.4 is 4.74 Å². The van der Waals surface area contributed by atoms with Gasteiger partial charge in [0.05, 0.1) is 0 Å². The van der Waals surface area contributed by atoms with Crippen molar-refractivity contribution in [1.82, 2.24) is 0 Å². The highest BCUT2D eigenvalue weighted by atomic mass is 19.4. The van der Waals surface area contributed by atoms with E-state index in [1.807, 2.05) is 0 Å². The third-order valence-corrected chi connectivity index (χ3v) is 7.33. The van der Waals surface area contributed by atoms with Crippen LogP contribution in [0.1, 0.15) is 83.1 Å². The van der Waals surface area contributed by atoms with Gasteiger partial charge in [0.1, 0.15) is 0 Å². The van der Waals surface area contributed by atoms with E-state index >= 15 is 0 Å². The molecule has 1 aromatic rings. The summed E-state index contributed by atoms with van der Waals surface area (Å²) in [4.78, 5) is 0. The highest BCUT2D eigenvalue weighted by molar-refractivity contribution is 5.33. The van der Waals surface area contributed by atoms with Crippen LogP contribution in [0, 0.1) is 35.3 Å². The molecule has 0 bridgehead atoms. The molecule has 0 aliphatic heterocycles. The van der Waals surface area contributed by atoms with Crippen molar-refractivity contribution in [3.63, 3.8) is 0 Å². The first kappa shape index (κ1) is 25.2. The molecule has 182 valence electrons. The fourth-order valence-electron chi connectivity index (χ4n) is 5.69. The highest BCUT2D eigenvalue weighted by Gasteiger charge is 2.40. The maximum Gasteiger partial charge on any atom is 0.573 e. The van der Waals surface area contributed by atoms with Gasteiger partial charge in [-0.15, -0.1) is 13.2 Å². The van der Waals surface area contributed by atoms with Crippen LogP contribution in [-0.4, -0.2) is 6.36 Å². The van der Waals surface area contributed by atoms with Crippen molar-refractivity contribution in [2.45, 2.75) is 89.8 Å². The molecule has 0 radical (unpaired) electrons. The van der Waals surface area contributed by atoms with E-state index in [9.17, 15) is 30.7 Å². The molecule has 0 aromatic heterocycles. The summed E-state index contributed by atoms with van der Waals surface area (Å²) >= 11 is 0. The molecule has 8 heteroatoms. The summed E-state index contributed by atoms with van der Waals surface area (Å²) < 4.78 is 97.3. The molecule has 2 saturated carbocycles. The molecule has 2 aliphatic rings. The van der Waals surface area contributed by atoms with Gasteiger partial charge in [-0.3, -0.25) is 0 Å². The van der Waals surface area contributed by atoms with Crippen LogP contribution in [0.2, 0.25) is 0 Å². The van der Waals surface area contributed by atoms with Crippen molar-refractivity contribution >= 4 is 0 Å². The second-order valence-electron chi connectivity index (χ2n) is 9.58. The fraction of sp³-hybridized carbons (Fsp3) is 0.750. The van der Waals surface area contributed by atoms with Crippen molar-refractivity contribution in [2.24, 2.45) is 23.7 Å². The maximum absolute atomic E-state index is 14.7. The molecule has 0 heterocycles. The number of halogens is 7. The smallest absolute Gasteiger partial charge is 0.399 e. The molecule has 0 spiro atoms. The first-order valence-corrected chi connectivity index (χ1v) is 11.6. The summed E-state index contributed by atoms with van der Waals surface area (Å²) in [5.74, 6) is -7.08. The summed E-state index contributed by atoms with van der Waals surface area (Å²) in [5, 5.41) is 0. The zero-order valence-corrected chi connectivity index (χ0v) is 18.3. The summed E-state index contributed by atoms with van der Waals surface area (Å²) in [6.07, 6.45) is 4.55. The summed E-state index contributed by atoms with van der Waals surface area (Å²) in [5.41, 5.74) is -0.960. The van der Waals surface area contributed by atoms with E-state index in [0.717, 1.165) is 18.8 Å². The standard InChI is InChI=1S/C24H31F7O/c1-2-3-15-4-8-17(9-5-15)18-10-6-16(7-11-18)14-23(27,28)19-12-20(25)22(21(26)13-19)32-24(29,30)31/h12-13,15-18H,2-11,14H2,1H3/t15-,16-,17-,18-. The van der Waals surface area contributed by atoms with E-state index in [4.69, 9.17) is 0 Å². The summed E-state index contributed by atoms with van der Waals surface area (Å²) in [6.45, 7) is 2.20. The van der Waals surface area contributed by atoms with Crippen LogP contribution in [0.3, 0.4) is 0 Å². The van der Waals surface area contributed by atoms with Crippen LogP contribution in [0.4, 0.5) is 30.7 Å². The molecule has 2 fully saturated rings. The first-order chi connectivity index (χ1) is 15.0. The van der Waals surface area contributed by atoms with E-state index in [-0.39, 0.29) is 18.1 Å². The normalized spacial score (nSPS) is 27.4. The predicted octanol–water partition coefficient (Wildman–Crippen LogP) is 8.76. The second-order valence-corrected chi connectivity index (χ2v) is 9.58. The number of hydrogen-bond donors (Lipinski definition) is 0. The Bertz CT molecular complexity index is 722. The van der Waals surface area contributed by atoms with E-state index < -0.39 is 41.7 Å². The van der Waals surface area contributed by atoms with Gasteiger partial charge in [0.15, 0.2) is 11.6 Å². The lowest BCUT2D eigenvalue weighted by Crippen LogP contribution is -2.28. The minimum absolute atomic E-state index is 0.241. The van der Waals surface area contributed by atoms with Crippen molar-refractivity contribution in [3.8, 4) is 5.75 Å². The van der Waals surface area contributed by atoms with Crippen molar-refractivity contribution in [1.29, 1.82) is 0 Å². The second kappa shape index (κ2) is 10.2. The number of rotatable bonds is 7.